The Morgan fingerprint density at radius 3 is 3.00 bits per heavy atom. The molecule has 7 heteroatoms. The highest BCUT2D eigenvalue weighted by Gasteiger charge is 2.22. The van der Waals surface area contributed by atoms with E-state index in [4.69, 9.17) is 23.2 Å². The maximum absolute atomic E-state index is 12.4. The van der Waals surface area contributed by atoms with Gasteiger partial charge in [0.2, 0.25) is 0 Å². The van der Waals surface area contributed by atoms with Gasteiger partial charge in [-0.3, -0.25) is 4.79 Å². The minimum absolute atomic E-state index is 0.106. The van der Waals surface area contributed by atoms with Crippen LogP contribution < -0.4 is 5.32 Å². The van der Waals surface area contributed by atoms with Crippen molar-refractivity contribution in [1.29, 1.82) is 0 Å². The van der Waals surface area contributed by atoms with Crippen LogP contribution in [0.3, 0.4) is 0 Å². The minimum Gasteiger partial charge on any atom is -0.352 e. The Balaban J connectivity index is 1.58. The lowest BCUT2D eigenvalue weighted by molar-refractivity contribution is 0.0947. The van der Waals surface area contributed by atoms with E-state index in [1.54, 1.807) is 35.3 Å². The topological polar surface area (TPSA) is 50.2 Å². The molecule has 1 saturated heterocycles. The Morgan fingerprint density at radius 2 is 2.24 bits per heavy atom. The summed E-state index contributed by atoms with van der Waals surface area (Å²) >= 11 is 12.1. The van der Waals surface area contributed by atoms with E-state index in [2.05, 4.69) is 22.2 Å². The summed E-state index contributed by atoms with van der Waals surface area (Å²) in [6, 6.07) is 5.18. The van der Waals surface area contributed by atoms with Gasteiger partial charge in [0.25, 0.3) is 5.91 Å². The van der Waals surface area contributed by atoms with Crippen LogP contribution in [0.2, 0.25) is 10.0 Å². The number of rotatable bonds is 6. The number of nitrogens with zero attached hydrogens (tertiary/aromatic N) is 3. The number of benzene rings is 1. The molecular weight excluding hydrogens is 359 g/mol. The van der Waals surface area contributed by atoms with Gasteiger partial charge < -0.3 is 10.2 Å². The van der Waals surface area contributed by atoms with Crippen LogP contribution in [0.4, 0.5) is 0 Å². The van der Waals surface area contributed by atoms with E-state index in [0.29, 0.717) is 33.8 Å². The molecule has 1 atom stereocenters. The van der Waals surface area contributed by atoms with Gasteiger partial charge >= 0.3 is 0 Å². The van der Waals surface area contributed by atoms with Gasteiger partial charge in [0, 0.05) is 24.3 Å². The molecule has 1 fully saturated rings. The quantitative estimate of drug-likeness (QED) is 0.831. The van der Waals surface area contributed by atoms with Crippen LogP contribution in [0.25, 0.3) is 5.69 Å². The molecule has 0 radical (unpaired) electrons. The number of carbonyl (C=O) groups is 1. The van der Waals surface area contributed by atoms with Gasteiger partial charge in [-0.1, -0.05) is 30.1 Å². The van der Waals surface area contributed by atoms with Crippen LogP contribution >= 0.6 is 23.2 Å². The van der Waals surface area contributed by atoms with Crippen molar-refractivity contribution in [1.82, 2.24) is 20.0 Å². The van der Waals surface area contributed by atoms with Crippen LogP contribution in [0, 0.1) is 5.92 Å². The third-order valence-electron chi connectivity index (χ3n) is 4.46. The first-order valence-corrected chi connectivity index (χ1v) is 9.33. The van der Waals surface area contributed by atoms with Crippen LogP contribution in [0.1, 0.15) is 30.1 Å². The molecule has 1 aromatic carbocycles. The normalized spacial score (nSPS) is 17.8. The summed E-state index contributed by atoms with van der Waals surface area (Å²) in [5, 5.41) is 8.31. The van der Waals surface area contributed by atoms with Crippen LogP contribution in [-0.4, -0.2) is 46.8 Å². The van der Waals surface area contributed by atoms with Gasteiger partial charge in [0.05, 0.1) is 22.5 Å². The molecule has 0 bridgehead atoms. The summed E-state index contributed by atoms with van der Waals surface area (Å²) in [5.74, 6) is 0.418. The first-order chi connectivity index (χ1) is 12.1. The lowest BCUT2D eigenvalue weighted by Crippen LogP contribution is -2.31. The number of carbonyl (C=O) groups excluding carboxylic acids is 1. The van der Waals surface area contributed by atoms with Crippen molar-refractivity contribution in [2.45, 2.75) is 19.8 Å². The summed E-state index contributed by atoms with van der Waals surface area (Å²) in [7, 11) is 0. The molecule has 1 amide bonds. The lowest BCUT2D eigenvalue weighted by Gasteiger charge is -2.14. The number of halogens is 2. The number of hydrogen-bond donors (Lipinski definition) is 1. The molecule has 0 aliphatic carbocycles. The minimum atomic E-state index is -0.106. The van der Waals surface area contributed by atoms with E-state index in [1.165, 1.54) is 6.42 Å². The maximum atomic E-state index is 12.4. The average Bonchev–Trinajstić information content (AvgIpc) is 3.22. The molecule has 0 spiro atoms. The summed E-state index contributed by atoms with van der Waals surface area (Å²) in [6.45, 7) is 6.22. The van der Waals surface area contributed by atoms with Crippen LogP contribution in [-0.2, 0) is 0 Å². The zero-order chi connectivity index (χ0) is 17.8. The molecule has 3 rings (SSSR count). The number of aromatic nitrogens is 2. The van der Waals surface area contributed by atoms with E-state index >= 15 is 0 Å². The molecule has 1 aliphatic heterocycles. The monoisotopic (exact) mass is 380 g/mol. The largest absolute Gasteiger partial charge is 0.352 e. The smallest absolute Gasteiger partial charge is 0.254 e. The second-order valence-corrected chi connectivity index (χ2v) is 7.28. The molecular formula is C18H22Cl2N4O. The van der Waals surface area contributed by atoms with Crippen LogP contribution in [0.5, 0.6) is 0 Å². The Morgan fingerprint density at radius 1 is 1.40 bits per heavy atom. The van der Waals surface area contributed by atoms with E-state index in [0.717, 1.165) is 26.1 Å². The molecule has 1 aromatic heterocycles. The molecule has 5 nitrogen and oxygen atoms in total. The van der Waals surface area contributed by atoms with Crippen LogP contribution in [0.15, 0.2) is 30.6 Å². The Hall–Kier alpha value is -1.56. The van der Waals surface area contributed by atoms with Gasteiger partial charge in [-0.05, 0) is 50.0 Å². The standard InChI is InChI=1S/C18H22Cl2N4O/c1-2-6-23-7-5-13(11-23)9-21-18(25)14-10-22-24(12-14)17-4-3-15(19)8-16(17)20/h3-4,8,10,12-13H,2,5-7,9,11H2,1H3,(H,21,25)/t13-/m1/s1. The van der Waals surface area contributed by atoms with Gasteiger partial charge in [-0.25, -0.2) is 4.68 Å². The summed E-state index contributed by atoms with van der Waals surface area (Å²) in [6.07, 6.45) is 5.55. The molecule has 25 heavy (non-hydrogen) atoms. The zero-order valence-electron chi connectivity index (χ0n) is 14.2. The fourth-order valence-corrected chi connectivity index (χ4v) is 3.67. The van der Waals surface area contributed by atoms with Gasteiger partial charge in [-0.15, -0.1) is 0 Å². The second kappa shape index (κ2) is 8.21. The van der Waals surface area contributed by atoms with Gasteiger partial charge in [-0.2, -0.15) is 5.10 Å². The number of hydrogen-bond acceptors (Lipinski definition) is 3. The molecule has 2 heterocycles. The predicted octanol–water partition coefficient (Wildman–Crippen LogP) is 3.64. The number of nitrogens with one attached hydrogen (secondary N) is 1. The van der Waals surface area contributed by atoms with E-state index in [1.807, 2.05) is 0 Å². The van der Waals surface area contributed by atoms with Crippen molar-refractivity contribution >= 4 is 29.1 Å². The highest BCUT2D eigenvalue weighted by atomic mass is 35.5. The fourth-order valence-electron chi connectivity index (χ4n) is 3.18. The predicted molar refractivity (Wildman–Crippen MR) is 101 cm³/mol. The summed E-state index contributed by atoms with van der Waals surface area (Å²) < 4.78 is 1.59. The fraction of sp³-hybridized carbons (Fsp3) is 0.444. The summed E-state index contributed by atoms with van der Waals surface area (Å²) in [4.78, 5) is 14.8. The van der Waals surface area contributed by atoms with Crippen molar-refractivity contribution < 1.29 is 4.79 Å². The van der Waals surface area contributed by atoms with E-state index in [-0.39, 0.29) is 5.91 Å². The highest BCUT2D eigenvalue weighted by molar-refractivity contribution is 6.35. The van der Waals surface area contributed by atoms with Gasteiger partial charge in [0.1, 0.15) is 0 Å². The van der Waals surface area contributed by atoms with Crippen molar-refractivity contribution in [3.63, 3.8) is 0 Å². The molecule has 0 saturated carbocycles. The molecule has 1 aliphatic rings. The highest BCUT2D eigenvalue weighted by Crippen LogP contribution is 2.24. The number of amides is 1. The maximum Gasteiger partial charge on any atom is 0.254 e. The van der Waals surface area contributed by atoms with E-state index < -0.39 is 0 Å². The summed E-state index contributed by atoms with van der Waals surface area (Å²) in [5.41, 5.74) is 1.21. The molecule has 134 valence electrons. The molecule has 0 unspecified atom stereocenters. The average molecular weight is 381 g/mol. The second-order valence-electron chi connectivity index (χ2n) is 6.43. The van der Waals surface area contributed by atoms with E-state index in [9.17, 15) is 4.79 Å². The SMILES string of the molecule is CCCN1CC[C@H](CNC(=O)c2cnn(-c3ccc(Cl)cc3Cl)c2)C1. The van der Waals surface area contributed by atoms with Crippen molar-refractivity contribution in [3.05, 3.63) is 46.2 Å². The first-order valence-electron chi connectivity index (χ1n) is 8.57. The molecule has 1 N–H and O–H groups in total. The lowest BCUT2D eigenvalue weighted by atomic mass is 10.1. The van der Waals surface area contributed by atoms with Crippen molar-refractivity contribution in [3.8, 4) is 5.69 Å². The Labute approximate surface area is 157 Å². The zero-order valence-corrected chi connectivity index (χ0v) is 15.7. The van der Waals surface area contributed by atoms with Crippen molar-refractivity contribution in [2.24, 2.45) is 5.92 Å². The molecule has 2 aromatic rings. The number of likely N-dealkylation sites (tertiary alicyclic amines) is 1. The van der Waals surface area contributed by atoms with Crippen molar-refractivity contribution in [2.75, 3.05) is 26.2 Å². The van der Waals surface area contributed by atoms with Gasteiger partial charge in [0.15, 0.2) is 0 Å². The third-order valence-corrected chi connectivity index (χ3v) is 5.00. The first kappa shape index (κ1) is 18.2. The Bertz CT molecular complexity index is 746. The third kappa shape index (κ3) is 4.54. The Kier molecular flexibility index (Phi) is 5.99.